The molecular weight excluding hydrogens is 334 g/mol. The van der Waals surface area contributed by atoms with Gasteiger partial charge < -0.3 is 14.5 Å². The number of nitrogens with one attached hydrogen (secondary N) is 1. The number of aromatic nitrogens is 2. The van der Waals surface area contributed by atoms with Gasteiger partial charge in [-0.05, 0) is 25.0 Å². The molecule has 0 radical (unpaired) electrons. The largest absolute Gasteiger partial charge is 0.469 e. The van der Waals surface area contributed by atoms with Crippen LogP contribution in [0.3, 0.4) is 0 Å². The molecule has 140 valence electrons. The van der Waals surface area contributed by atoms with Crippen molar-refractivity contribution >= 4 is 11.9 Å². The molecule has 1 aromatic heterocycles. The molecule has 0 aliphatic heterocycles. The third-order valence-corrected chi connectivity index (χ3v) is 3.91. The van der Waals surface area contributed by atoms with Crippen molar-refractivity contribution in [3.05, 3.63) is 36.2 Å². The molecule has 0 unspecified atom stereocenters. The number of aryl methyl sites for hydroxylation is 1. The zero-order chi connectivity index (χ0) is 18.6. The Bertz CT molecular complexity index is 685. The number of benzene rings is 1. The van der Waals surface area contributed by atoms with Crippen LogP contribution >= 0.6 is 0 Å². The number of amides is 1. The number of carbonyl (C=O) groups is 2. The predicted octanol–water partition coefficient (Wildman–Crippen LogP) is 2.91. The van der Waals surface area contributed by atoms with E-state index >= 15 is 0 Å². The van der Waals surface area contributed by atoms with E-state index in [9.17, 15) is 9.59 Å². The Morgan fingerprint density at radius 1 is 1.04 bits per heavy atom. The fourth-order valence-electron chi connectivity index (χ4n) is 2.44. The fraction of sp³-hybridized carbons (Fsp3) is 0.474. The number of esters is 1. The van der Waals surface area contributed by atoms with Gasteiger partial charge in [0.05, 0.1) is 7.11 Å². The highest BCUT2D eigenvalue weighted by Crippen LogP contribution is 2.17. The van der Waals surface area contributed by atoms with E-state index in [-0.39, 0.29) is 11.9 Å². The van der Waals surface area contributed by atoms with Crippen LogP contribution in [0.5, 0.6) is 0 Å². The van der Waals surface area contributed by atoms with E-state index in [0.29, 0.717) is 37.6 Å². The lowest BCUT2D eigenvalue weighted by Crippen LogP contribution is -2.24. The molecule has 7 nitrogen and oxygen atoms in total. The highest BCUT2D eigenvalue weighted by Gasteiger charge is 2.10. The Kier molecular flexibility index (Phi) is 8.32. The first-order valence-electron chi connectivity index (χ1n) is 8.90. The molecule has 26 heavy (non-hydrogen) atoms. The van der Waals surface area contributed by atoms with Crippen LogP contribution in [0.4, 0.5) is 0 Å². The van der Waals surface area contributed by atoms with Gasteiger partial charge >= 0.3 is 5.97 Å². The van der Waals surface area contributed by atoms with Gasteiger partial charge in [0.15, 0.2) is 0 Å². The van der Waals surface area contributed by atoms with Gasteiger partial charge in [0.2, 0.25) is 17.7 Å². The van der Waals surface area contributed by atoms with Gasteiger partial charge in [-0.15, -0.1) is 10.2 Å². The maximum Gasteiger partial charge on any atom is 0.305 e. The smallest absolute Gasteiger partial charge is 0.305 e. The molecule has 7 heteroatoms. The number of hydrogen-bond donors (Lipinski definition) is 1. The molecule has 0 atom stereocenters. The van der Waals surface area contributed by atoms with Crippen LogP contribution in [0, 0.1) is 0 Å². The first kappa shape index (κ1) is 19.6. The number of hydrogen-bond acceptors (Lipinski definition) is 6. The molecule has 0 saturated carbocycles. The summed E-state index contributed by atoms with van der Waals surface area (Å²) in [5.41, 5.74) is 0.864. The van der Waals surface area contributed by atoms with Crippen molar-refractivity contribution in [2.75, 3.05) is 13.7 Å². The molecule has 1 aromatic carbocycles. The molecule has 0 fully saturated rings. The van der Waals surface area contributed by atoms with E-state index in [1.165, 1.54) is 7.11 Å². The summed E-state index contributed by atoms with van der Waals surface area (Å²) in [4.78, 5) is 22.8. The van der Waals surface area contributed by atoms with Crippen molar-refractivity contribution in [3.63, 3.8) is 0 Å². The average Bonchev–Trinajstić information content (AvgIpc) is 3.15. The van der Waals surface area contributed by atoms with Gasteiger partial charge in [-0.1, -0.05) is 31.0 Å². The van der Waals surface area contributed by atoms with E-state index in [1.807, 2.05) is 30.3 Å². The molecule has 0 aliphatic carbocycles. The second-order valence-electron chi connectivity index (χ2n) is 5.96. The number of nitrogens with zero attached hydrogens (tertiary/aromatic N) is 2. The van der Waals surface area contributed by atoms with Crippen molar-refractivity contribution < 1.29 is 18.7 Å². The van der Waals surface area contributed by atoms with Crippen molar-refractivity contribution in [2.45, 2.75) is 44.9 Å². The molecule has 0 bridgehead atoms. The summed E-state index contributed by atoms with van der Waals surface area (Å²) < 4.78 is 10.2. The second kappa shape index (κ2) is 11.0. The van der Waals surface area contributed by atoms with Crippen LogP contribution in [0.25, 0.3) is 11.5 Å². The first-order chi connectivity index (χ1) is 12.7. The van der Waals surface area contributed by atoms with E-state index in [4.69, 9.17) is 4.42 Å². The minimum Gasteiger partial charge on any atom is -0.469 e. The van der Waals surface area contributed by atoms with Gasteiger partial charge in [-0.2, -0.15) is 0 Å². The highest BCUT2D eigenvalue weighted by atomic mass is 16.5. The monoisotopic (exact) mass is 359 g/mol. The van der Waals surface area contributed by atoms with Gasteiger partial charge in [-0.25, -0.2) is 0 Å². The van der Waals surface area contributed by atoms with E-state index in [2.05, 4.69) is 20.3 Å². The number of carbonyl (C=O) groups excluding carboxylic acids is 2. The maximum absolute atomic E-state index is 11.8. The fourth-order valence-corrected chi connectivity index (χ4v) is 2.44. The molecule has 1 heterocycles. The lowest BCUT2D eigenvalue weighted by Gasteiger charge is -2.04. The summed E-state index contributed by atoms with van der Waals surface area (Å²) >= 11 is 0. The summed E-state index contributed by atoms with van der Waals surface area (Å²) in [5.74, 6) is 0.726. The zero-order valence-electron chi connectivity index (χ0n) is 15.1. The Morgan fingerprint density at radius 3 is 2.58 bits per heavy atom. The van der Waals surface area contributed by atoms with Crippen LogP contribution in [0.2, 0.25) is 0 Å². The van der Waals surface area contributed by atoms with Crippen LogP contribution in [0.15, 0.2) is 34.7 Å². The van der Waals surface area contributed by atoms with Crippen LogP contribution in [0.1, 0.15) is 44.4 Å². The molecule has 0 spiro atoms. The number of methoxy groups -OCH3 is 1. The van der Waals surface area contributed by atoms with E-state index < -0.39 is 0 Å². The number of rotatable bonds is 11. The molecular formula is C19H25N3O4. The predicted molar refractivity (Wildman–Crippen MR) is 96.2 cm³/mol. The van der Waals surface area contributed by atoms with Gasteiger partial charge in [0, 0.05) is 31.4 Å². The first-order valence-corrected chi connectivity index (χ1v) is 8.90. The summed E-state index contributed by atoms with van der Waals surface area (Å²) in [5, 5.41) is 10.9. The lowest BCUT2D eigenvalue weighted by atomic mass is 10.1. The number of unbranched alkanes of at least 4 members (excludes halogenated alkanes) is 3. The average molecular weight is 359 g/mol. The summed E-state index contributed by atoms with van der Waals surface area (Å²) in [6, 6.07) is 9.53. The Labute approximate surface area is 153 Å². The van der Waals surface area contributed by atoms with Crippen LogP contribution in [-0.2, 0) is 20.7 Å². The van der Waals surface area contributed by atoms with Gasteiger partial charge in [-0.3, -0.25) is 9.59 Å². The number of ether oxygens (including phenoxy) is 1. The highest BCUT2D eigenvalue weighted by molar-refractivity contribution is 5.75. The van der Waals surface area contributed by atoms with Crippen LogP contribution < -0.4 is 5.32 Å². The summed E-state index contributed by atoms with van der Waals surface area (Å²) in [7, 11) is 1.40. The third-order valence-electron chi connectivity index (χ3n) is 3.91. The SMILES string of the molecule is COC(=O)CCCCCCNC(=O)CCc1nnc(-c2ccccc2)o1. The Hall–Kier alpha value is -2.70. The maximum atomic E-state index is 11.8. The topological polar surface area (TPSA) is 94.3 Å². The molecule has 2 rings (SSSR count). The van der Waals surface area contributed by atoms with Crippen molar-refractivity contribution in [1.29, 1.82) is 0 Å². The molecule has 1 N–H and O–H groups in total. The van der Waals surface area contributed by atoms with Crippen molar-refractivity contribution in [2.24, 2.45) is 0 Å². The second-order valence-corrected chi connectivity index (χ2v) is 5.96. The quantitative estimate of drug-likeness (QED) is 0.490. The van der Waals surface area contributed by atoms with Gasteiger partial charge in [0.25, 0.3) is 0 Å². The molecule has 0 aliphatic rings. The Morgan fingerprint density at radius 2 is 1.81 bits per heavy atom. The van der Waals surface area contributed by atoms with E-state index in [0.717, 1.165) is 31.2 Å². The minimum absolute atomic E-state index is 0.0287. The Balaban J connectivity index is 1.57. The normalized spacial score (nSPS) is 10.5. The molecule has 0 saturated heterocycles. The lowest BCUT2D eigenvalue weighted by molar-refractivity contribution is -0.140. The van der Waals surface area contributed by atoms with Crippen molar-refractivity contribution in [3.8, 4) is 11.5 Å². The summed E-state index contributed by atoms with van der Waals surface area (Å²) in [6.45, 7) is 0.635. The molecule has 2 aromatic rings. The van der Waals surface area contributed by atoms with Crippen LogP contribution in [-0.4, -0.2) is 35.7 Å². The third kappa shape index (κ3) is 7.04. The minimum atomic E-state index is -0.172. The standard InChI is InChI=1S/C19H25N3O4/c1-25-18(24)11-7-2-3-8-14-20-16(23)12-13-17-21-22-19(26-17)15-9-5-4-6-10-15/h4-6,9-10H,2-3,7-8,11-14H2,1H3,(H,20,23). The zero-order valence-corrected chi connectivity index (χ0v) is 15.1. The van der Waals surface area contributed by atoms with E-state index in [1.54, 1.807) is 0 Å². The summed E-state index contributed by atoms with van der Waals surface area (Å²) in [6.07, 6.45) is 4.84. The van der Waals surface area contributed by atoms with Crippen molar-refractivity contribution in [1.82, 2.24) is 15.5 Å². The molecule has 1 amide bonds. The van der Waals surface area contributed by atoms with Gasteiger partial charge in [0.1, 0.15) is 0 Å².